The van der Waals surface area contributed by atoms with Gasteiger partial charge in [0.05, 0.1) is 15.4 Å². The maximum Gasteiger partial charge on any atom is 0.269 e. The van der Waals surface area contributed by atoms with Crippen LogP contribution in [-0.2, 0) is 9.84 Å². The smallest absolute Gasteiger partial charge is 0.269 e. The molecule has 1 aliphatic rings. The summed E-state index contributed by atoms with van der Waals surface area (Å²) in [5, 5.41) is 11.1. The summed E-state index contributed by atoms with van der Waals surface area (Å²) < 4.78 is 25.4. The fourth-order valence-electron chi connectivity index (χ4n) is 3.54. The molecule has 0 atom stereocenters. The molecule has 1 amide bonds. The third-order valence-electron chi connectivity index (χ3n) is 5.38. The van der Waals surface area contributed by atoms with Gasteiger partial charge in [0, 0.05) is 55.2 Å². The Kier molecular flexibility index (Phi) is 6.30. The molecule has 0 N–H and O–H groups in total. The summed E-state index contributed by atoms with van der Waals surface area (Å²) in [7, 11) is -3.81. The Morgan fingerprint density at radius 3 is 2.12 bits per heavy atom. The number of carbonyl (C=O) groups is 1. The number of sulfone groups is 1. The van der Waals surface area contributed by atoms with E-state index in [1.165, 1.54) is 54.7 Å². The van der Waals surface area contributed by atoms with E-state index in [0.29, 0.717) is 36.8 Å². The third kappa shape index (κ3) is 4.81. The number of nitrogens with zero attached hydrogens (tertiary/aromatic N) is 4. The number of pyridine rings is 1. The van der Waals surface area contributed by atoms with E-state index in [1.54, 1.807) is 17.0 Å². The van der Waals surface area contributed by atoms with Crippen molar-refractivity contribution in [2.24, 2.45) is 0 Å². The van der Waals surface area contributed by atoms with Gasteiger partial charge >= 0.3 is 0 Å². The number of non-ortho nitro benzene ring substituents is 1. The Balaban J connectivity index is 1.41. The van der Waals surface area contributed by atoms with Gasteiger partial charge < -0.3 is 9.80 Å². The summed E-state index contributed by atoms with van der Waals surface area (Å²) in [6.45, 7) is 2.06. The van der Waals surface area contributed by atoms with Crippen molar-refractivity contribution in [3.63, 3.8) is 0 Å². The van der Waals surface area contributed by atoms with E-state index in [2.05, 4.69) is 4.98 Å². The van der Waals surface area contributed by atoms with Crippen molar-refractivity contribution in [2.75, 3.05) is 31.1 Å². The molecule has 3 aromatic rings. The van der Waals surface area contributed by atoms with Crippen molar-refractivity contribution >= 4 is 38.7 Å². The Labute approximate surface area is 195 Å². The normalized spacial score (nSPS) is 14.2. The van der Waals surface area contributed by atoms with Crippen LogP contribution < -0.4 is 4.90 Å². The zero-order chi connectivity index (χ0) is 23.6. The van der Waals surface area contributed by atoms with Crippen molar-refractivity contribution < 1.29 is 18.1 Å². The van der Waals surface area contributed by atoms with Crippen molar-refractivity contribution in [1.82, 2.24) is 9.88 Å². The first kappa shape index (κ1) is 22.7. The first-order valence-electron chi connectivity index (χ1n) is 10.0. The molecule has 1 aromatic heterocycles. The SMILES string of the molecule is O=C(c1ccc(S(=O)(=O)c2ccc(Cl)cc2)nc1)N1CCN(c2ccc([N+](=O)[O-])cc2)CC1. The number of hydrogen-bond donors (Lipinski definition) is 0. The van der Waals surface area contributed by atoms with E-state index in [4.69, 9.17) is 11.6 Å². The summed E-state index contributed by atoms with van der Waals surface area (Å²) >= 11 is 5.82. The summed E-state index contributed by atoms with van der Waals surface area (Å²) in [5.41, 5.74) is 1.18. The molecule has 4 rings (SSSR count). The average Bonchev–Trinajstić information content (AvgIpc) is 2.84. The minimum Gasteiger partial charge on any atom is -0.368 e. The lowest BCUT2D eigenvalue weighted by molar-refractivity contribution is -0.384. The summed E-state index contributed by atoms with van der Waals surface area (Å²) in [6.07, 6.45) is 1.27. The third-order valence-corrected chi connectivity index (χ3v) is 7.31. The van der Waals surface area contributed by atoms with Crippen molar-refractivity contribution in [2.45, 2.75) is 9.92 Å². The van der Waals surface area contributed by atoms with Gasteiger partial charge in [-0.1, -0.05) is 11.6 Å². The zero-order valence-corrected chi connectivity index (χ0v) is 18.9. The molecule has 0 saturated carbocycles. The Morgan fingerprint density at radius 1 is 0.939 bits per heavy atom. The predicted octanol–water partition coefficient (Wildman–Crippen LogP) is 3.44. The van der Waals surface area contributed by atoms with E-state index in [1.807, 2.05) is 4.90 Å². The van der Waals surface area contributed by atoms with Crippen LogP contribution in [0.3, 0.4) is 0 Å². The number of benzene rings is 2. The molecule has 1 aliphatic heterocycles. The molecule has 0 aliphatic carbocycles. The molecular formula is C22H19ClN4O5S. The molecule has 0 spiro atoms. The lowest BCUT2D eigenvalue weighted by Gasteiger charge is -2.36. The van der Waals surface area contributed by atoms with Crippen molar-refractivity contribution in [3.8, 4) is 0 Å². The molecule has 2 aromatic carbocycles. The lowest BCUT2D eigenvalue weighted by atomic mass is 10.2. The molecule has 1 saturated heterocycles. The van der Waals surface area contributed by atoms with Gasteiger partial charge in [-0.05, 0) is 48.5 Å². The van der Waals surface area contributed by atoms with Gasteiger partial charge in [0.1, 0.15) is 0 Å². The second-order valence-corrected chi connectivity index (χ2v) is 9.73. The van der Waals surface area contributed by atoms with Gasteiger partial charge in [0.2, 0.25) is 9.84 Å². The number of nitro benzene ring substituents is 1. The molecule has 11 heteroatoms. The lowest BCUT2D eigenvalue weighted by Crippen LogP contribution is -2.48. The number of rotatable bonds is 5. The van der Waals surface area contributed by atoms with E-state index in [-0.39, 0.29) is 21.5 Å². The number of aromatic nitrogens is 1. The van der Waals surface area contributed by atoms with Crippen LogP contribution in [0.25, 0.3) is 0 Å². The number of amides is 1. The van der Waals surface area contributed by atoms with Crippen LogP contribution in [0.15, 0.2) is 76.8 Å². The molecule has 9 nitrogen and oxygen atoms in total. The first-order valence-corrected chi connectivity index (χ1v) is 11.9. The molecule has 170 valence electrons. The maximum atomic E-state index is 12.9. The van der Waals surface area contributed by atoms with Gasteiger partial charge in [0.15, 0.2) is 5.03 Å². The molecular weight excluding hydrogens is 468 g/mol. The van der Waals surface area contributed by atoms with E-state index >= 15 is 0 Å². The predicted molar refractivity (Wildman–Crippen MR) is 122 cm³/mol. The maximum absolute atomic E-state index is 12.9. The number of nitro groups is 1. The molecule has 2 heterocycles. The average molecular weight is 487 g/mol. The fraction of sp³-hybridized carbons (Fsp3) is 0.182. The summed E-state index contributed by atoms with van der Waals surface area (Å²) in [6, 6.07) is 14.9. The Bertz CT molecular complexity index is 1270. The topological polar surface area (TPSA) is 114 Å². The molecule has 33 heavy (non-hydrogen) atoms. The number of carbonyl (C=O) groups excluding carboxylic acids is 1. The summed E-state index contributed by atoms with van der Waals surface area (Å²) in [5.74, 6) is -0.235. The van der Waals surface area contributed by atoms with E-state index in [9.17, 15) is 23.3 Å². The second-order valence-electron chi connectivity index (χ2n) is 7.40. The second kappa shape index (κ2) is 9.16. The van der Waals surface area contributed by atoms with Gasteiger partial charge in [0.25, 0.3) is 11.6 Å². The molecule has 0 unspecified atom stereocenters. The highest BCUT2D eigenvalue weighted by Gasteiger charge is 2.24. The van der Waals surface area contributed by atoms with Crippen LogP contribution in [0.5, 0.6) is 0 Å². The number of halogens is 1. The van der Waals surface area contributed by atoms with Crippen LogP contribution >= 0.6 is 11.6 Å². The number of anilines is 1. The van der Waals surface area contributed by atoms with E-state index in [0.717, 1.165) is 5.69 Å². The number of hydrogen-bond acceptors (Lipinski definition) is 7. The van der Waals surface area contributed by atoms with Crippen LogP contribution in [0, 0.1) is 10.1 Å². The Morgan fingerprint density at radius 2 is 1.58 bits per heavy atom. The monoisotopic (exact) mass is 486 g/mol. The number of piperazine rings is 1. The minimum absolute atomic E-state index is 0.0292. The quantitative estimate of drug-likeness (QED) is 0.401. The Hall–Kier alpha value is -3.50. The van der Waals surface area contributed by atoms with Crippen LogP contribution in [0.2, 0.25) is 5.02 Å². The van der Waals surface area contributed by atoms with Crippen LogP contribution in [0.1, 0.15) is 10.4 Å². The van der Waals surface area contributed by atoms with Crippen molar-refractivity contribution in [3.05, 3.63) is 87.6 Å². The summed E-state index contributed by atoms with van der Waals surface area (Å²) in [4.78, 5) is 31.0. The molecule has 1 fully saturated rings. The van der Waals surface area contributed by atoms with E-state index < -0.39 is 14.8 Å². The highest BCUT2D eigenvalue weighted by Crippen LogP contribution is 2.23. The molecule has 0 bridgehead atoms. The minimum atomic E-state index is -3.81. The van der Waals surface area contributed by atoms with Crippen molar-refractivity contribution in [1.29, 1.82) is 0 Å². The van der Waals surface area contributed by atoms with Gasteiger partial charge in [-0.15, -0.1) is 0 Å². The van der Waals surface area contributed by atoms with Crippen LogP contribution in [0.4, 0.5) is 11.4 Å². The van der Waals surface area contributed by atoms with Gasteiger partial charge in [-0.2, -0.15) is 0 Å². The standard InChI is InChI=1S/C22H19ClN4O5S/c23-17-2-8-20(9-3-17)33(31,32)21-10-1-16(15-24-21)22(28)26-13-11-25(12-14-26)18-4-6-19(7-5-18)27(29)30/h1-10,15H,11-14H2. The fourth-order valence-corrected chi connectivity index (χ4v) is 4.84. The molecule has 0 radical (unpaired) electrons. The first-order chi connectivity index (χ1) is 15.8. The van der Waals surface area contributed by atoms with Gasteiger partial charge in [-0.3, -0.25) is 14.9 Å². The zero-order valence-electron chi connectivity index (χ0n) is 17.3. The largest absolute Gasteiger partial charge is 0.368 e. The highest BCUT2D eigenvalue weighted by atomic mass is 35.5. The van der Waals surface area contributed by atoms with Gasteiger partial charge in [-0.25, -0.2) is 13.4 Å². The van der Waals surface area contributed by atoms with Crippen LogP contribution in [-0.4, -0.2) is 55.3 Å². The highest BCUT2D eigenvalue weighted by molar-refractivity contribution is 7.91.